The van der Waals surface area contributed by atoms with E-state index in [1.165, 1.54) is 0 Å². The second-order valence-corrected chi connectivity index (χ2v) is 6.53. The van der Waals surface area contributed by atoms with Crippen LogP contribution < -0.4 is 15.2 Å². The molecule has 4 atom stereocenters. The highest BCUT2D eigenvalue weighted by Crippen LogP contribution is 2.26. The number of hydrogen-bond acceptors (Lipinski definition) is 5. The highest BCUT2D eigenvalue weighted by molar-refractivity contribution is 5.30. The molecule has 2 aromatic rings. The van der Waals surface area contributed by atoms with Crippen LogP contribution in [-0.4, -0.2) is 29.5 Å². The van der Waals surface area contributed by atoms with Crippen molar-refractivity contribution in [1.82, 2.24) is 0 Å². The number of ether oxygens (including phenoxy) is 3. The normalized spacial score (nSPS) is 25.5. The minimum atomic E-state index is -0.630. The van der Waals surface area contributed by atoms with Crippen LogP contribution in [0.4, 0.5) is 0 Å². The molecule has 0 saturated carbocycles. The lowest BCUT2D eigenvalue weighted by Gasteiger charge is -2.36. The zero-order chi connectivity index (χ0) is 18.5. The Morgan fingerprint density at radius 1 is 1.19 bits per heavy atom. The van der Waals surface area contributed by atoms with Crippen LogP contribution in [0.15, 0.2) is 66.9 Å². The van der Waals surface area contributed by atoms with Gasteiger partial charge in [0.1, 0.15) is 30.0 Å². The van der Waals surface area contributed by atoms with Gasteiger partial charge in [-0.3, -0.25) is 0 Å². The summed E-state index contributed by atoms with van der Waals surface area (Å²) in [6, 6.07) is 16.9. The molecule has 138 valence electrons. The van der Waals surface area contributed by atoms with E-state index >= 15 is 0 Å². The summed E-state index contributed by atoms with van der Waals surface area (Å²) in [4.78, 5) is 0. The predicted molar refractivity (Wildman–Crippen MR) is 99.9 cm³/mol. The molecule has 4 unspecified atom stereocenters. The fourth-order valence-corrected chi connectivity index (χ4v) is 2.90. The monoisotopic (exact) mass is 355 g/mol. The molecule has 3 rings (SSSR count). The second-order valence-electron chi connectivity index (χ2n) is 6.53. The molecule has 5 nitrogen and oxygen atoms in total. The molecule has 0 bridgehead atoms. The fourth-order valence-electron chi connectivity index (χ4n) is 2.90. The van der Waals surface area contributed by atoms with Crippen molar-refractivity contribution in [2.75, 3.05) is 0 Å². The molecular formula is C21H25NO4. The zero-order valence-electron chi connectivity index (χ0n) is 14.9. The summed E-state index contributed by atoms with van der Waals surface area (Å²) >= 11 is 0. The molecule has 0 aromatic heterocycles. The fraction of sp³-hybridized carbons (Fsp3) is 0.333. The molecule has 0 radical (unpaired) electrons. The molecule has 1 aliphatic heterocycles. The maximum atomic E-state index is 10.0. The quantitative estimate of drug-likeness (QED) is 0.779. The van der Waals surface area contributed by atoms with E-state index in [0.717, 1.165) is 11.3 Å². The zero-order valence-corrected chi connectivity index (χ0v) is 14.9. The Kier molecular flexibility index (Phi) is 5.93. The topological polar surface area (TPSA) is 73.9 Å². The molecular weight excluding hydrogens is 330 g/mol. The third kappa shape index (κ3) is 4.64. The van der Waals surface area contributed by atoms with Crippen molar-refractivity contribution in [3.63, 3.8) is 0 Å². The Balaban J connectivity index is 1.59. The van der Waals surface area contributed by atoms with Gasteiger partial charge in [-0.15, -0.1) is 0 Å². The number of benzene rings is 2. The largest absolute Gasteiger partial charge is 0.489 e. The minimum Gasteiger partial charge on any atom is -0.489 e. The van der Waals surface area contributed by atoms with Crippen molar-refractivity contribution in [2.24, 2.45) is 5.73 Å². The van der Waals surface area contributed by atoms with E-state index < -0.39 is 12.1 Å². The van der Waals surface area contributed by atoms with Gasteiger partial charge in [-0.2, -0.15) is 0 Å². The third-order valence-electron chi connectivity index (χ3n) is 4.48. The first-order valence-electron chi connectivity index (χ1n) is 8.75. The Bertz CT molecular complexity index is 722. The molecule has 0 amide bonds. The summed E-state index contributed by atoms with van der Waals surface area (Å²) in [5.41, 5.74) is 6.86. The van der Waals surface area contributed by atoms with Crippen LogP contribution in [0.2, 0.25) is 0 Å². The molecule has 0 spiro atoms. The average Bonchev–Trinajstić information content (AvgIpc) is 2.65. The van der Waals surface area contributed by atoms with Crippen molar-refractivity contribution in [3.8, 4) is 11.5 Å². The molecule has 1 saturated heterocycles. The van der Waals surface area contributed by atoms with Crippen LogP contribution in [0.3, 0.4) is 0 Å². The van der Waals surface area contributed by atoms with E-state index in [9.17, 15) is 5.11 Å². The Labute approximate surface area is 154 Å². The van der Waals surface area contributed by atoms with Crippen molar-refractivity contribution >= 4 is 0 Å². The maximum absolute atomic E-state index is 10.0. The van der Waals surface area contributed by atoms with Gasteiger partial charge in [-0.1, -0.05) is 36.9 Å². The molecule has 5 heteroatoms. The van der Waals surface area contributed by atoms with Crippen molar-refractivity contribution in [1.29, 1.82) is 0 Å². The smallest absolute Gasteiger partial charge is 0.127 e. The van der Waals surface area contributed by atoms with Crippen LogP contribution >= 0.6 is 0 Å². The van der Waals surface area contributed by atoms with Gasteiger partial charge in [0.25, 0.3) is 0 Å². The van der Waals surface area contributed by atoms with Crippen LogP contribution in [0.1, 0.15) is 18.9 Å². The van der Waals surface area contributed by atoms with E-state index in [1.54, 1.807) is 0 Å². The van der Waals surface area contributed by atoms with Crippen molar-refractivity contribution in [3.05, 3.63) is 72.5 Å². The predicted octanol–water partition coefficient (Wildman–Crippen LogP) is 3.02. The Morgan fingerprint density at radius 3 is 2.65 bits per heavy atom. The number of aliphatic hydroxyl groups excluding tert-OH is 1. The highest BCUT2D eigenvalue weighted by atomic mass is 16.5. The third-order valence-corrected chi connectivity index (χ3v) is 4.48. The molecule has 1 aliphatic rings. The van der Waals surface area contributed by atoms with Crippen LogP contribution in [0.5, 0.6) is 11.5 Å². The van der Waals surface area contributed by atoms with E-state index in [4.69, 9.17) is 19.9 Å². The van der Waals surface area contributed by atoms with Gasteiger partial charge >= 0.3 is 0 Å². The van der Waals surface area contributed by atoms with Crippen molar-refractivity contribution in [2.45, 2.75) is 44.3 Å². The van der Waals surface area contributed by atoms with E-state index in [1.807, 2.05) is 61.5 Å². The first-order chi connectivity index (χ1) is 12.5. The number of hydrogen-bond donors (Lipinski definition) is 2. The van der Waals surface area contributed by atoms with Crippen LogP contribution in [0, 0.1) is 0 Å². The van der Waals surface area contributed by atoms with Crippen molar-refractivity contribution < 1.29 is 19.3 Å². The number of nitrogens with two attached hydrogens (primary N) is 1. The molecule has 1 fully saturated rings. The van der Waals surface area contributed by atoms with Gasteiger partial charge in [0.05, 0.1) is 18.2 Å². The van der Waals surface area contributed by atoms with Crippen LogP contribution in [0.25, 0.3) is 0 Å². The average molecular weight is 355 g/mol. The van der Waals surface area contributed by atoms with E-state index in [-0.39, 0.29) is 12.2 Å². The van der Waals surface area contributed by atoms with Crippen LogP contribution in [-0.2, 0) is 11.3 Å². The summed E-state index contributed by atoms with van der Waals surface area (Å²) in [7, 11) is 0. The van der Waals surface area contributed by atoms with Gasteiger partial charge in [0.2, 0.25) is 0 Å². The summed E-state index contributed by atoms with van der Waals surface area (Å²) in [6.07, 6.45) is -0.894. The van der Waals surface area contributed by atoms with E-state index in [0.29, 0.717) is 24.5 Å². The lowest BCUT2D eigenvalue weighted by atomic mass is 9.96. The number of para-hydroxylation sites is 1. The maximum Gasteiger partial charge on any atom is 0.127 e. The first kappa shape index (κ1) is 18.5. The highest BCUT2D eigenvalue weighted by Gasteiger charge is 2.34. The minimum absolute atomic E-state index is 0.255. The summed E-state index contributed by atoms with van der Waals surface area (Å²) in [5.74, 6) is 1.94. The number of rotatable bonds is 6. The molecule has 0 aliphatic carbocycles. The first-order valence-corrected chi connectivity index (χ1v) is 8.75. The molecule has 2 aromatic carbocycles. The van der Waals surface area contributed by atoms with Gasteiger partial charge in [0.15, 0.2) is 0 Å². The standard InChI is InChI=1S/C21H25NO4/c1-14(20-12-19(23)21(22)15(2)26-20)25-18-10-6-7-16(11-18)13-24-17-8-4-3-5-9-17/h3-11,15,19-21,23H,1,12-13,22H2,2H3. The Morgan fingerprint density at radius 2 is 1.92 bits per heavy atom. The summed E-state index contributed by atoms with van der Waals surface area (Å²) in [6.45, 7) is 6.25. The van der Waals surface area contributed by atoms with E-state index in [2.05, 4.69) is 6.58 Å². The molecule has 1 heterocycles. The molecule has 3 N–H and O–H groups in total. The SMILES string of the molecule is C=C(Oc1cccc(COc2ccccc2)c1)C1CC(O)C(N)C(C)O1. The van der Waals surface area contributed by atoms with Gasteiger partial charge in [-0.05, 0) is 36.8 Å². The van der Waals surface area contributed by atoms with Gasteiger partial charge < -0.3 is 25.1 Å². The second kappa shape index (κ2) is 8.36. The lowest BCUT2D eigenvalue weighted by Crippen LogP contribution is -2.52. The number of aliphatic hydroxyl groups is 1. The summed E-state index contributed by atoms with van der Waals surface area (Å²) < 4.78 is 17.4. The lowest BCUT2D eigenvalue weighted by molar-refractivity contribution is -0.0957. The Hall–Kier alpha value is -2.34. The van der Waals surface area contributed by atoms with Gasteiger partial charge in [-0.25, -0.2) is 0 Å². The summed E-state index contributed by atoms with van der Waals surface area (Å²) in [5, 5.41) is 10.0. The molecule has 26 heavy (non-hydrogen) atoms. The van der Waals surface area contributed by atoms with Gasteiger partial charge in [0, 0.05) is 6.42 Å².